The van der Waals surface area contributed by atoms with Gasteiger partial charge in [-0.2, -0.15) is 0 Å². The molecule has 0 amide bonds. The summed E-state index contributed by atoms with van der Waals surface area (Å²) in [7, 11) is 1.64. The maximum atomic E-state index is 11.9. The average Bonchev–Trinajstić information content (AvgIpc) is 2.44. The molecule has 1 aromatic rings. The molecule has 1 aliphatic carbocycles. The number of carbonyl (C=O) groups excluding carboxylic acids is 1. The van der Waals surface area contributed by atoms with Crippen LogP contribution in [-0.2, 0) is 16.0 Å². The third-order valence-corrected chi connectivity index (χ3v) is 3.93. The Morgan fingerprint density at radius 3 is 2.57 bits per heavy atom. The molecule has 0 N–H and O–H groups in total. The van der Waals surface area contributed by atoms with Gasteiger partial charge in [-0.15, -0.1) is 0 Å². The first-order chi connectivity index (χ1) is 10.2. The lowest BCUT2D eigenvalue weighted by atomic mass is 9.77. The van der Waals surface area contributed by atoms with Gasteiger partial charge in [0.15, 0.2) is 0 Å². The molecule has 3 nitrogen and oxygen atoms in total. The average molecular weight is 285 g/mol. The van der Waals surface area contributed by atoms with Crippen molar-refractivity contribution in [1.29, 1.82) is 0 Å². The number of allylic oxidation sites excluding steroid dienone is 1. The fraction of sp³-hybridized carbons (Fsp3) is 0.444. The molecule has 0 aliphatic heterocycles. The zero-order valence-electron chi connectivity index (χ0n) is 12.8. The lowest BCUT2D eigenvalue weighted by molar-refractivity contribution is -0.134. The molecule has 1 aliphatic rings. The van der Waals surface area contributed by atoms with Crippen LogP contribution in [0, 0.1) is 5.92 Å². The van der Waals surface area contributed by atoms with E-state index in [0.717, 1.165) is 6.42 Å². The van der Waals surface area contributed by atoms with Crippen molar-refractivity contribution < 1.29 is 9.53 Å². The topological polar surface area (TPSA) is 38.7 Å². The van der Waals surface area contributed by atoms with Gasteiger partial charge in [0.05, 0.1) is 6.61 Å². The molecule has 0 radical (unpaired) electrons. The standard InChI is InChI=1S/C18H23NO2/c1-3-21-18(20)17(19-2)13-16(15-10-7-11-15)12-14-8-5-4-6-9-14/h4-6,8-9,13,15H,3,7,10-12H2,1-2H3/b16-13-,19-17?. The second-order valence-electron chi connectivity index (χ2n) is 5.34. The molecule has 3 heteroatoms. The van der Waals surface area contributed by atoms with Crippen LogP contribution in [0.5, 0.6) is 0 Å². The Kier molecular flexibility index (Phi) is 5.73. The van der Waals surface area contributed by atoms with Crippen molar-refractivity contribution in [3.05, 3.63) is 47.5 Å². The third kappa shape index (κ3) is 4.28. The highest BCUT2D eigenvalue weighted by molar-refractivity contribution is 6.41. The summed E-state index contributed by atoms with van der Waals surface area (Å²) < 4.78 is 5.06. The third-order valence-electron chi connectivity index (χ3n) is 3.93. The predicted octanol–water partition coefficient (Wildman–Crippen LogP) is 3.59. The Hall–Kier alpha value is -1.90. The molecule has 0 bridgehead atoms. The quantitative estimate of drug-likeness (QED) is 0.592. The van der Waals surface area contributed by atoms with Crippen molar-refractivity contribution in [2.75, 3.05) is 13.7 Å². The lowest BCUT2D eigenvalue weighted by Crippen LogP contribution is -2.20. The van der Waals surface area contributed by atoms with E-state index >= 15 is 0 Å². The summed E-state index contributed by atoms with van der Waals surface area (Å²) in [5.41, 5.74) is 2.99. The van der Waals surface area contributed by atoms with Crippen LogP contribution in [0.2, 0.25) is 0 Å². The molecule has 1 fully saturated rings. The van der Waals surface area contributed by atoms with Gasteiger partial charge < -0.3 is 4.74 Å². The Balaban J connectivity index is 2.18. The highest BCUT2D eigenvalue weighted by atomic mass is 16.5. The Bertz CT molecular complexity index is 527. The first-order valence-corrected chi connectivity index (χ1v) is 7.63. The van der Waals surface area contributed by atoms with E-state index in [4.69, 9.17) is 4.74 Å². The van der Waals surface area contributed by atoms with E-state index in [-0.39, 0.29) is 5.97 Å². The van der Waals surface area contributed by atoms with E-state index in [1.54, 1.807) is 7.05 Å². The molecule has 1 aromatic carbocycles. The van der Waals surface area contributed by atoms with Crippen molar-refractivity contribution >= 4 is 11.7 Å². The van der Waals surface area contributed by atoms with E-state index in [9.17, 15) is 4.79 Å². The fourth-order valence-electron chi connectivity index (χ4n) is 2.52. The summed E-state index contributed by atoms with van der Waals surface area (Å²) in [6.45, 7) is 2.19. The van der Waals surface area contributed by atoms with Crippen LogP contribution in [0.15, 0.2) is 47.0 Å². The molecule has 1 saturated carbocycles. The summed E-state index contributed by atoms with van der Waals surface area (Å²) in [6, 6.07) is 10.4. The molecule has 21 heavy (non-hydrogen) atoms. The number of aliphatic imine (C=N–C) groups is 1. The Morgan fingerprint density at radius 2 is 2.05 bits per heavy atom. The number of esters is 1. The zero-order valence-corrected chi connectivity index (χ0v) is 12.8. The van der Waals surface area contributed by atoms with Crippen LogP contribution < -0.4 is 0 Å². The van der Waals surface area contributed by atoms with Gasteiger partial charge >= 0.3 is 5.97 Å². The predicted molar refractivity (Wildman–Crippen MR) is 85.6 cm³/mol. The van der Waals surface area contributed by atoms with Gasteiger partial charge in [-0.25, -0.2) is 4.79 Å². The lowest BCUT2D eigenvalue weighted by Gasteiger charge is -2.28. The second-order valence-corrected chi connectivity index (χ2v) is 5.34. The minimum absolute atomic E-state index is 0.329. The van der Waals surface area contributed by atoms with Gasteiger partial charge in [0.2, 0.25) is 0 Å². The van der Waals surface area contributed by atoms with Gasteiger partial charge in [0.1, 0.15) is 5.71 Å². The minimum atomic E-state index is -0.329. The maximum Gasteiger partial charge on any atom is 0.356 e. The molecule has 0 aromatic heterocycles. The summed E-state index contributed by atoms with van der Waals surface area (Å²) in [5, 5.41) is 0. The van der Waals surface area contributed by atoms with Crippen molar-refractivity contribution in [2.24, 2.45) is 10.9 Å². The number of ether oxygens (including phenoxy) is 1. The summed E-state index contributed by atoms with van der Waals surface area (Å²) in [4.78, 5) is 16.0. The largest absolute Gasteiger partial charge is 0.461 e. The van der Waals surface area contributed by atoms with E-state index in [2.05, 4.69) is 17.1 Å². The van der Waals surface area contributed by atoms with Crippen LogP contribution in [0.25, 0.3) is 0 Å². The molecule has 0 unspecified atom stereocenters. The van der Waals surface area contributed by atoms with E-state index in [1.165, 1.54) is 30.4 Å². The summed E-state index contributed by atoms with van der Waals surface area (Å²) in [6.07, 6.45) is 6.50. The SMILES string of the molecule is CCOC(=O)C(/C=C(/Cc1ccccc1)C1CCC1)=NC. The smallest absolute Gasteiger partial charge is 0.356 e. The molecular weight excluding hydrogens is 262 g/mol. The van der Waals surface area contributed by atoms with E-state index in [0.29, 0.717) is 18.2 Å². The van der Waals surface area contributed by atoms with Crippen molar-refractivity contribution in [2.45, 2.75) is 32.6 Å². The van der Waals surface area contributed by atoms with E-state index in [1.807, 2.05) is 31.2 Å². The summed E-state index contributed by atoms with van der Waals surface area (Å²) >= 11 is 0. The maximum absolute atomic E-state index is 11.9. The number of carbonyl (C=O) groups is 1. The van der Waals surface area contributed by atoms with Crippen molar-refractivity contribution in [3.63, 3.8) is 0 Å². The first kappa shape index (κ1) is 15.5. The molecule has 0 atom stereocenters. The number of nitrogens with zero attached hydrogens (tertiary/aromatic N) is 1. The van der Waals surface area contributed by atoms with Gasteiger partial charge in [-0.3, -0.25) is 4.99 Å². The highest BCUT2D eigenvalue weighted by Crippen LogP contribution is 2.34. The molecule has 0 heterocycles. The molecule has 0 spiro atoms. The second kappa shape index (κ2) is 7.77. The fourth-order valence-corrected chi connectivity index (χ4v) is 2.52. The van der Waals surface area contributed by atoms with Gasteiger partial charge in [-0.05, 0) is 43.7 Å². The number of rotatable bonds is 6. The highest BCUT2D eigenvalue weighted by Gasteiger charge is 2.23. The van der Waals surface area contributed by atoms with Crippen LogP contribution in [0.3, 0.4) is 0 Å². The normalized spacial score (nSPS) is 16.5. The van der Waals surface area contributed by atoms with Crippen molar-refractivity contribution in [1.82, 2.24) is 0 Å². The van der Waals surface area contributed by atoms with Crippen LogP contribution >= 0.6 is 0 Å². The molecule has 2 rings (SSSR count). The molecule has 112 valence electrons. The molecular formula is C18H23NO2. The molecule has 0 saturated heterocycles. The number of benzene rings is 1. The number of hydrogen-bond acceptors (Lipinski definition) is 3. The van der Waals surface area contributed by atoms with Crippen LogP contribution in [-0.4, -0.2) is 25.3 Å². The van der Waals surface area contributed by atoms with Crippen LogP contribution in [0.1, 0.15) is 31.7 Å². The Morgan fingerprint density at radius 1 is 1.33 bits per heavy atom. The first-order valence-electron chi connectivity index (χ1n) is 7.63. The Labute approximate surface area is 126 Å². The monoisotopic (exact) mass is 285 g/mol. The summed E-state index contributed by atoms with van der Waals surface area (Å²) in [5.74, 6) is 0.251. The van der Waals surface area contributed by atoms with Crippen molar-refractivity contribution in [3.8, 4) is 0 Å². The van der Waals surface area contributed by atoms with Crippen LogP contribution in [0.4, 0.5) is 0 Å². The van der Waals surface area contributed by atoms with Gasteiger partial charge in [0.25, 0.3) is 0 Å². The van der Waals surface area contributed by atoms with E-state index < -0.39 is 0 Å². The number of hydrogen-bond donors (Lipinski definition) is 0. The van der Waals surface area contributed by atoms with Gasteiger partial charge in [0, 0.05) is 7.05 Å². The minimum Gasteiger partial charge on any atom is -0.461 e. The zero-order chi connectivity index (χ0) is 15.1. The van der Waals surface area contributed by atoms with Gasteiger partial charge in [-0.1, -0.05) is 42.3 Å².